The van der Waals surface area contributed by atoms with E-state index in [4.69, 9.17) is 0 Å². The number of hydrogen-bond acceptors (Lipinski definition) is 3. The summed E-state index contributed by atoms with van der Waals surface area (Å²) in [6, 6.07) is 9.12. The molecule has 1 heterocycles. The average Bonchev–Trinajstić information content (AvgIpc) is 2.45. The number of nitrogens with one attached hydrogen (secondary N) is 1. The van der Waals surface area contributed by atoms with Gasteiger partial charge in [-0.1, -0.05) is 18.2 Å². The zero-order valence-corrected chi connectivity index (χ0v) is 13.2. The lowest BCUT2D eigenvalue weighted by atomic mass is 9.88. The molecule has 116 valence electrons. The van der Waals surface area contributed by atoms with Gasteiger partial charge in [0.25, 0.3) is 5.91 Å². The van der Waals surface area contributed by atoms with Crippen molar-refractivity contribution in [3.8, 4) is 0 Å². The number of hydrogen-bond donors (Lipinski definition) is 2. The van der Waals surface area contributed by atoms with Crippen molar-refractivity contribution in [3.05, 3.63) is 35.9 Å². The van der Waals surface area contributed by atoms with Gasteiger partial charge in [0.1, 0.15) is 0 Å². The largest absolute Gasteiger partial charge is 0.388 e. The molecular formula is C17H26N2O2. The first-order valence-corrected chi connectivity index (χ1v) is 7.61. The highest BCUT2D eigenvalue weighted by atomic mass is 16.3. The van der Waals surface area contributed by atoms with Crippen LogP contribution in [0.15, 0.2) is 30.3 Å². The molecule has 0 spiro atoms. The summed E-state index contributed by atoms with van der Waals surface area (Å²) in [6.45, 7) is 8.61. The lowest BCUT2D eigenvalue weighted by molar-refractivity contribution is -0.0392. The molecule has 0 aromatic heterocycles. The van der Waals surface area contributed by atoms with Crippen molar-refractivity contribution in [2.24, 2.45) is 0 Å². The van der Waals surface area contributed by atoms with E-state index in [0.717, 1.165) is 13.1 Å². The number of carbonyl (C=O) groups is 1. The summed E-state index contributed by atoms with van der Waals surface area (Å²) >= 11 is 0. The Morgan fingerprint density at radius 2 is 1.81 bits per heavy atom. The molecule has 1 aromatic carbocycles. The minimum absolute atomic E-state index is 0.123. The van der Waals surface area contributed by atoms with Crippen LogP contribution in [0.2, 0.25) is 0 Å². The number of rotatable bonds is 3. The van der Waals surface area contributed by atoms with Crippen LogP contribution in [0.3, 0.4) is 0 Å². The van der Waals surface area contributed by atoms with Crippen LogP contribution in [-0.2, 0) is 0 Å². The molecule has 1 aliphatic rings. The number of aliphatic hydroxyl groups is 1. The molecule has 1 fully saturated rings. The monoisotopic (exact) mass is 290 g/mol. The minimum Gasteiger partial charge on any atom is -0.388 e. The maximum atomic E-state index is 12.0. The van der Waals surface area contributed by atoms with E-state index in [9.17, 15) is 9.90 Å². The van der Waals surface area contributed by atoms with E-state index >= 15 is 0 Å². The molecule has 1 amide bonds. The number of amides is 1. The van der Waals surface area contributed by atoms with Crippen molar-refractivity contribution < 1.29 is 9.90 Å². The summed E-state index contributed by atoms with van der Waals surface area (Å²) in [7, 11) is 0. The molecule has 1 aliphatic heterocycles. The van der Waals surface area contributed by atoms with Crippen molar-refractivity contribution in [1.29, 1.82) is 0 Å². The van der Waals surface area contributed by atoms with Crippen LogP contribution in [0.4, 0.5) is 0 Å². The van der Waals surface area contributed by atoms with Crippen molar-refractivity contribution in [2.75, 3.05) is 19.6 Å². The number of nitrogens with zero attached hydrogens (tertiary/aromatic N) is 1. The van der Waals surface area contributed by atoms with Gasteiger partial charge < -0.3 is 10.4 Å². The van der Waals surface area contributed by atoms with Gasteiger partial charge >= 0.3 is 0 Å². The highest BCUT2D eigenvalue weighted by Gasteiger charge is 2.35. The smallest absolute Gasteiger partial charge is 0.251 e. The fourth-order valence-electron chi connectivity index (χ4n) is 2.71. The molecule has 1 aromatic rings. The Hall–Kier alpha value is -1.39. The second kappa shape index (κ2) is 6.16. The van der Waals surface area contributed by atoms with Gasteiger partial charge in [-0.3, -0.25) is 9.69 Å². The van der Waals surface area contributed by atoms with Gasteiger partial charge in [0, 0.05) is 30.7 Å². The van der Waals surface area contributed by atoms with Crippen molar-refractivity contribution in [2.45, 2.75) is 44.8 Å². The van der Waals surface area contributed by atoms with Gasteiger partial charge in [-0.05, 0) is 45.7 Å². The minimum atomic E-state index is -0.786. The molecule has 4 nitrogen and oxygen atoms in total. The van der Waals surface area contributed by atoms with Gasteiger partial charge in [0.15, 0.2) is 0 Å². The molecule has 0 bridgehead atoms. The molecule has 0 aliphatic carbocycles. The molecule has 1 saturated heterocycles. The first kappa shape index (κ1) is 16.0. The van der Waals surface area contributed by atoms with Crippen molar-refractivity contribution in [3.63, 3.8) is 0 Å². The molecule has 4 heteroatoms. The van der Waals surface area contributed by atoms with Gasteiger partial charge in [-0.25, -0.2) is 0 Å². The predicted octanol–water partition coefficient (Wildman–Crippen LogP) is 2.04. The molecule has 2 N–H and O–H groups in total. The standard InChI is InChI=1S/C17H26N2O2/c1-16(2,3)19-11-9-17(21,10-12-19)13-18-15(20)14-7-5-4-6-8-14/h4-8,21H,9-13H2,1-3H3,(H,18,20). The second-order valence-electron chi connectivity index (χ2n) is 6.93. The third-order valence-electron chi connectivity index (χ3n) is 4.26. The van der Waals surface area contributed by atoms with Gasteiger partial charge in [-0.15, -0.1) is 0 Å². The Kier molecular flexibility index (Phi) is 4.69. The molecule has 2 rings (SSSR count). The van der Waals surface area contributed by atoms with Crippen LogP contribution in [0.5, 0.6) is 0 Å². The lowest BCUT2D eigenvalue weighted by Gasteiger charge is -2.44. The summed E-state index contributed by atoms with van der Waals surface area (Å²) in [5.41, 5.74) is -0.0194. The molecule has 0 unspecified atom stereocenters. The Morgan fingerprint density at radius 3 is 2.33 bits per heavy atom. The second-order valence-corrected chi connectivity index (χ2v) is 6.93. The van der Waals surface area contributed by atoms with E-state index in [1.165, 1.54) is 0 Å². The van der Waals surface area contributed by atoms with E-state index in [2.05, 4.69) is 31.0 Å². The highest BCUT2D eigenvalue weighted by molar-refractivity contribution is 5.94. The molecular weight excluding hydrogens is 264 g/mol. The third-order valence-corrected chi connectivity index (χ3v) is 4.26. The molecule has 0 radical (unpaired) electrons. The maximum absolute atomic E-state index is 12.0. The van der Waals surface area contributed by atoms with E-state index in [-0.39, 0.29) is 11.4 Å². The average molecular weight is 290 g/mol. The SMILES string of the molecule is CC(C)(C)N1CCC(O)(CNC(=O)c2ccccc2)CC1. The first-order valence-electron chi connectivity index (χ1n) is 7.61. The maximum Gasteiger partial charge on any atom is 0.251 e. The van der Waals surface area contributed by atoms with E-state index < -0.39 is 5.60 Å². The lowest BCUT2D eigenvalue weighted by Crippen LogP contribution is -2.55. The summed E-state index contributed by atoms with van der Waals surface area (Å²) in [5, 5.41) is 13.5. The quantitative estimate of drug-likeness (QED) is 0.896. The topological polar surface area (TPSA) is 52.6 Å². The van der Waals surface area contributed by atoms with E-state index in [1.807, 2.05) is 18.2 Å². The predicted molar refractivity (Wildman–Crippen MR) is 84.3 cm³/mol. The fourth-order valence-corrected chi connectivity index (χ4v) is 2.71. The number of piperidine rings is 1. The Balaban J connectivity index is 1.85. The first-order chi connectivity index (χ1) is 9.80. The van der Waals surface area contributed by atoms with Crippen LogP contribution < -0.4 is 5.32 Å². The Morgan fingerprint density at radius 1 is 1.24 bits per heavy atom. The summed E-state index contributed by atoms with van der Waals surface area (Å²) in [4.78, 5) is 14.4. The van der Waals surface area contributed by atoms with Gasteiger partial charge in [0.05, 0.1) is 5.60 Å². The van der Waals surface area contributed by atoms with E-state index in [1.54, 1.807) is 12.1 Å². The molecule has 0 saturated carbocycles. The van der Waals surface area contributed by atoms with Crippen LogP contribution in [-0.4, -0.2) is 46.7 Å². The van der Waals surface area contributed by atoms with Crippen LogP contribution in [0.25, 0.3) is 0 Å². The summed E-state index contributed by atoms with van der Waals surface area (Å²) in [5.74, 6) is -0.123. The summed E-state index contributed by atoms with van der Waals surface area (Å²) in [6.07, 6.45) is 1.39. The van der Waals surface area contributed by atoms with Crippen LogP contribution in [0, 0.1) is 0 Å². The summed E-state index contributed by atoms with van der Waals surface area (Å²) < 4.78 is 0. The van der Waals surface area contributed by atoms with Crippen LogP contribution in [0.1, 0.15) is 44.0 Å². The van der Waals surface area contributed by atoms with Crippen molar-refractivity contribution >= 4 is 5.91 Å². The highest BCUT2D eigenvalue weighted by Crippen LogP contribution is 2.26. The van der Waals surface area contributed by atoms with Gasteiger partial charge in [-0.2, -0.15) is 0 Å². The van der Waals surface area contributed by atoms with Gasteiger partial charge in [0.2, 0.25) is 0 Å². The molecule has 21 heavy (non-hydrogen) atoms. The Labute approximate surface area is 127 Å². The molecule has 0 atom stereocenters. The van der Waals surface area contributed by atoms with Crippen molar-refractivity contribution in [1.82, 2.24) is 10.2 Å². The number of benzene rings is 1. The van der Waals surface area contributed by atoms with E-state index in [0.29, 0.717) is 24.9 Å². The zero-order valence-electron chi connectivity index (χ0n) is 13.2. The fraction of sp³-hybridized carbons (Fsp3) is 0.588. The Bertz CT molecular complexity index is 471. The zero-order chi connectivity index (χ0) is 15.5. The normalized spacial score (nSPS) is 19.2. The number of carbonyl (C=O) groups excluding carboxylic acids is 1. The van der Waals surface area contributed by atoms with Crippen LogP contribution >= 0.6 is 0 Å². The third kappa shape index (κ3) is 4.29. The number of likely N-dealkylation sites (tertiary alicyclic amines) is 1.